The Kier molecular flexibility index (Phi) is 6.10. The van der Waals surface area contributed by atoms with Crippen LogP contribution in [0.2, 0.25) is 0 Å². The maximum Gasteiger partial charge on any atom is 0.419 e. The van der Waals surface area contributed by atoms with Gasteiger partial charge in [-0.25, -0.2) is 22.5 Å². The van der Waals surface area contributed by atoms with Crippen molar-refractivity contribution in [3.8, 4) is 11.3 Å². The van der Waals surface area contributed by atoms with Crippen LogP contribution in [0.15, 0.2) is 36.4 Å². The van der Waals surface area contributed by atoms with E-state index >= 15 is 0 Å². The number of carboxylic acid groups (broad SMARTS) is 1. The number of carbonyl (C=O) groups is 2. The van der Waals surface area contributed by atoms with Crippen LogP contribution >= 0.6 is 0 Å². The molecule has 1 heterocycles. The summed E-state index contributed by atoms with van der Waals surface area (Å²) in [4.78, 5) is 24.1. The second-order valence-corrected chi connectivity index (χ2v) is 8.18. The summed E-state index contributed by atoms with van der Waals surface area (Å²) in [5.41, 5.74) is -0.103. The van der Waals surface area contributed by atoms with Gasteiger partial charge in [-0.3, -0.25) is 4.79 Å². The zero-order valence-electron chi connectivity index (χ0n) is 17.3. The van der Waals surface area contributed by atoms with Gasteiger partial charge in [0.2, 0.25) is 0 Å². The molecule has 0 aliphatic heterocycles. The highest BCUT2D eigenvalue weighted by Crippen LogP contribution is 2.37. The highest BCUT2D eigenvalue weighted by Gasteiger charge is 2.28. The summed E-state index contributed by atoms with van der Waals surface area (Å²) in [6.07, 6.45) is -0.741. The first kappa shape index (κ1) is 22.4. The van der Waals surface area contributed by atoms with Crippen LogP contribution in [0.3, 0.4) is 0 Å². The Morgan fingerprint density at radius 3 is 2.26 bits per heavy atom. The van der Waals surface area contributed by atoms with Crippen molar-refractivity contribution in [2.75, 3.05) is 0 Å². The lowest BCUT2D eigenvalue weighted by molar-refractivity contribution is -0.137. The third-order valence-corrected chi connectivity index (χ3v) is 4.60. The van der Waals surface area contributed by atoms with E-state index in [0.29, 0.717) is 17.2 Å². The summed E-state index contributed by atoms with van der Waals surface area (Å²) in [5.74, 6) is -3.32. The summed E-state index contributed by atoms with van der Waals surface area (Å²) in [6, 6.07) is 6.97. The van der Waals surface area contributed by atoms with Gasteiger partial charge in [0.1, 0.15) is 17.2 Å². The Bertz CT molecular complexity index is 1140. The van der Waals surface area contributed by atoms with Crippen LogP contribution in [-0.2, 0) is 16.0 Å². The molecule has 0 saturated carbocycles. The van der Waals surface area contributed by atoms with E-state index in [0.717, 1.165) is 10.6 Å². The Labute approximate surface area is 177 Å². The molecule has 0 saturated heterocycles. The van der Waals surface area contributed by atoms with Gasteiger partial charge in [-0.1, -0.05) is 0 Å². The molecule has 0 radical (unpaired) electrons. The molecule has 0 aliphatic carbocycles. The average Bonchev–Trinajstić information content (AvgIpc) is 2.95. The van der Waals surface area contributed by atoms with Crippen molar-refractivity contribution < 1.29 is 32.6 Å². The number of aryl methyl sites for hydroxylation is 1. The van der Waals surface area contributed by atoms with Crippen molar-refractivity contribution in [3.05, 3.63) is 59.4 Å². The SMILES string of the molecule is CC(C)(C)OC(=O)n1c(-c2ccc(F)cc2)c(CCCC(=O)O)c2cc(F)cc(F)c21. The van der Waals surface area contributed by atoms with Crippen LogP contribution in [0, 0.1) is 17.5 Å². The largest absolute Gasteiger partial charge is 0.481 e. The summed E-state index contributed by atoms with van der Waals surface area (Å²) in [6.45, 7) is 4.95. The van der Waals surface area contributed by atoms with Crippen LogP contribution in [-0.4, -0.2) is 27.3 Å². The maximum atomic E-state index is 14.9. The van der Waals surface area contributed by atoms with E-state index in [9.17, 15) is 22.8 Å². The zero-order chi connectivity index (χ0) is 22.9. The Hall–Kier alpha value is -3.29. The van der Waals surface area contributed by atoms with Crippen LogP contribution < -0.4 is 0 Å². The fourth-order valence-corrected chi connectivity index (χ4v) is 3.47. The van der Waals surface area contributed by atoms with Gasteiger partial charge in [0.25, 0.3) is 0 Å². The van der Waals surface area contributed by atoms with E-state index in [1.165, 1.54) is 24.3 Å². The number of nitrogens with zero attached hydrogens (tertiary/aromatic N) is 1. The summed E-state index contributed by atoms with van der Waals surface area (Å²) in [5, 5.41) is 9.12. The Morgan fingerprint density at radius 1 is 1.03 bits per heavy atom. The van der Waals surface area contributed by atoms with Crippen LogP contribution in [0.25, 0.3) is 22.2 Å². The topological polar surface area (TPSA) is 68.5 Å². The lowest BCUT2D eigenvalue weighted by atomic mass is 10.00. The molecule has 0 fully saturated rings. The molecule has 0 bridgehead atoms. The zero-order valence-corrected chi connectivity index (χ0v) is 17.3. The second kappa shape index (κ2) is 8.45. The maximum absolute atomic E-state index is 14.9. The third-order valence-electron chi connectivity index (χ3n) is 4.60. The van der Waals surface area contributed by atoms with Crippen molar-refractivity contribution in [2.45, 2.75) is 45.6 Å². The number of ether oxygens (including phenoxy) is 1. The number of benzene rings is 2. The van der Waals surface area contributed by atoms with E-state index in [4.69, 9.17) is 9.84 Å². The fraction of sp³-hybridized carbons (Fsp3) is 0.304. The molecular formula is C23H22F3NO4. The number of rotatable bonds is 5. The molecule has 3 aromatic rings. The molecule has 3 rings (SSSR count). The van der Waals surface area contributed by atoms with Gasteiger partial charge in [0.05, 0.1) is 11.2 Å². The summed E-state index contributed by atoms with van der Waals surface area (Å²) < 4.78 is 49.0. The number of fused-ring (bicyclic) bond motifs is 1. The van der Waals surface area contributed by atoms with Crippen molar-refractivity contribution in [2.24, 2.45) is 0 Å². The Balaban J connectivity index is 2.34. The van der Waals surface area contributed by atoms with Gasteiger partial charge >= 0.3 is 12.1 Å². The number of aromatic nitrogens is 1. The lowest BCUT2D eigenvalue weighted by Crippen LogP contribution is -2.27. The number of carbonyl (C=O) groups excluding carboxylic acids is 1. The molecule has 0 unspecified atom stereocenters. The smallest absolute Gasteiger partial charge is 0.419 e. The molecule has 164 valence electrons. The lowest BCUT2D eigenvalue weighted by Gasteiger charge is -2.21. The van der Waals surface area contributed by atoms with Gasteiger partial charge in [0, 0.05) is 17.9 Å². The highest BCUT2D eigenvalue weighted by atomic mass is 19.1. The highest BCUT2D eigenvalue weighted by molar-refractivity contribution is 6.00. The molecule has 0 amide bonds. The molecule has 31 heavy (non-hydrogen) atoms. The standard InChI is InChI=1S/C23H22F3NO4/c1-23(2,3)31-22(30)27-20(13-7-9-14(24)10-8-13)16(5-4-6-19(28)29)17-11-15(25)12-18(26)21(17)27/h7-12H,4-6H2,1-3H3,(H,28,29). The van der Waals surface area contributed by atoms with Crippen molar-refractivity contribution in [3.63, 3.8) is 0 Å². The molecule has 0 atom stereocenters. The molecular weight excluding hydrogens is 411 g/mol. The van der Waals surface area contributed by atoms with Crippen LogP contribution in [0.4, 0.5) is 18.0 Å². The molecule has 0 spiro atoms. The van der Waals surface area contributed by atoms with Crippen LogP contribution in [0.5, 0.6) is 0 Å². The molecule has 0 aliphatic rings. The first-order valence-corrected chi connectivity index (χ1v) is 9.71. The first-order chi connectivity index (χ1) is 14.5. The van der Waals surface area contributed by atoms with Crippen LogP contribution in [0.1, 0.15) is 39.2 Å². The summed E-state index contributed by atoms with van der Waals surface area (Å²) >= 11 is 0. The average molecular weight is 433 g/mol. The van der Waals surface area contributed by atoms with Crippen molar-refractivity contribution >= 4 is 23.0 Å². The number of hydrogen-bond acceptors (Lipinski definition) is 3. The quantitative estimate of drug-likeness (QED) is 0.543. The predicted octanol–water partition coefficient (Wildman–Crippen LogP) is 5.92. The number of aliphatic carboxylic acids is 1. The molecule has 2 aromatic carbocycles. The second-order valence-electron chi connectivity index (χ2n) is 8.18. The minimum absolute atomic E-state index is 0.132. The monoisotopic (exact) mass is 433 g/mol. The predicted molar refractivity (Wildman–Crippen MR) is 109 cm³/mol. The van der Waals surface area contributed by atoms with E-state index in [-0.39, 0.29) is 35.9 Å². The number of carboxylic acids is 1. The minimum atomic E-state index is -1.02. The van der Waals surface area contributed by atoms with Crippen molar-refractivity contribution in [1.29, 1.82) is 0 Å². The first-order valence-electron chi connectivity index (χ1n) is 9.71. The van der Waals surface area contributed by atoms with Gasteiger partial charge in [0.15, 0.2) is 5.82 Å². The molecule has 1 N–H and O–H groups in total. The molecule has 1 aromatic heterocycles. The fourth-order valence-electron chi connectivity index (χ4n) is 3.47. The van der Waals surface area contributed by atoms with E-state index in [1.54, 1.807) is 20.8 Å². The van der Waals surface area contributed by atoms with Gasteiger partial charge in [-0.05, 0) is 75.1 Å². The summed E-state index contributed by atoms with van der Waals surface area (Å²) in [7, 11) is 0. The van der Waals surface area contributed by atoms with Gasteiger partial charge < -0.3 is 9.84 Å². The normalized spacial score (nSPS) is 11.7. The van der Waals surface area contributed by atoms with E-state index in [2.05, 4.69) is 0 Å². The number of hydrogen-bond donors (Lipinski definition) is 1. The minimum Gasteiger partial charge on any atom is -0.481 e. The molecule has 5 nitrogen and oxygen atoms in total. The van der Waals surface area contributed by atoms with Gasteiger partial charge in [-0.2, -0.15) is 0 Å². The number of halogens is 3. The van der Waals surface area contributed by atoms with Gasteiger partial charge in [-0.15, -0.1) is 0 Å². The Morgan fingerprint density at radius 2 is 1.68 bits per heavy atom. The van der Waals surface area contributed by atoms with E-state index in [1.807, 2.05) is 0 Å². The third kappa shape index (κ3) is 4.90. The van der Waals surface area contributed by atoms with Crippen molar-refractivity contribution in [1.82, 2.24) is 4.57 Å². The molecule has 8 heteroatoms. The van der Waals surface area contributed by atoms with E-state index < -0.39 is 35.1 Å².